The molecule has 0 radical (unpaired) electrons. The number of amides is 2. The van der Waals surface area contributed by atoms with Crippen molar-refractivity contribution in [2.45, 2.75) is 13.3 Å². The smallest absolute Gasteiger partial charge is 0.310 e. The van der Waals surface area contributed by atoms with Crippen molar-refractivity contribution < 1.29 is 19.1 Å². The van der Waals surface area contributed by atoms with Gasteiger partial charge in [-0.3, -0.25) is 19.3 Å². The lowest BCUT2D eigenvalue weighted by atomic mass is 10.1. The lowest BCUT2D eigenvalue weighted by molar-refractivity contribution is -0.145. The van der Waals surface area contributed by atoms with Gasteiger partial charge in [-0.25, -0.2) is 0 Å². The zero-order valence-electron chi connectivity index (χ0n) is 12.7. The fourth-order valence-electron chi connectivity index (χ4n) is 2.90. The molecule has 2 saturated heterocycles. The third-order valence-corrected chi connectivity index (χ3v) is 4.24. The maximum absolute atomic E-state index is 12.2. The number of likely N-dealkylation sites (tertiary alicyclic amines) is 1. The first-order valence-electron chi connectivity index (χ1n) is 7.34. The number of carbonyl (C=O) groups is 3. The van der Waals surface area contributed by atoms with Crippen LogP contribution in [-0.2, 0) is 19.1 Å². The van der Waals surface area contributed by atoms with E-state index in [2.05, 4.69) is 0 Å². The van der Waals surface area contributed by atoms with Gasteiger partial charge in [0.15, 0.2) is 0 Å². The fourth-order valence-corrected chi connectivity index (χ4v) is 2.90. The summed E-state index contributed by atoms with van der Waals surface area (Å²) in [5.41, 5.74) is 0. The van der Waals surface area contributed by atoms with Gasteiger partial charge in [-0.1, -0.05) is 0 Å². The Morgan fingerprint density at radius 2 is 1.67 bits per heavy atom. The van der Waals surface area contributed by atoms with E-state index in [9.17, 15) is 14.4 Å². The summed E-state index contributed by atoms with van der Waals surface area (Å²) in [7, 11) is 1.39. The van der Waals surface area contributed by atoms with Crippen LogP contribution in [-0.4, -0.2) is 85.4 Å². The minimum atomic E-state index is -0.194. The highest BCUT2D eigenvalue weighted by atomic mass is 16.5. The number of methoxy groups -OCH3 is 1. The Labute approximate surface area is 124 Å². The van der Waals surface area contributed by atoms with Gasteiger partial charge in [-0.2, -0.15) is 0 Å². The monoisotopic (exact) mass is 297 g/mol. The lowest BCUT2D eigenvalue weighted by Crippen LogP contribution is -2.52. The second-order valence-electron chi connectivity index (χ2n) is 5.63. The van der Waals surface area contributed by atoms with Gasteiger partial charge in [-0.15, -0.1) is 0 Å². The Balaban J connectivity index is 1.76. The molecule has 2 heterocycles. The summed E-state index contributed by atoms with van der Waals surface area (Å²) >= 11 is 0. The summed E-state index contributed by atoms with van der Waals surface area (Å²) in [5.74, 6) is -0.177. The third-order valence-electron chi connectivity index (χ3n) is 4.24. The van der Waals surface area contributed by atoms with E-state index in [1.165, 1.54) is 7.11 Å². The van der Waals surface area contributed by atoms with Crippen LogP contribution >= 0.6 is 0 Å². The molecule has 2 aliphatic rings. The minimum Gasteiger partial charge on any atom is -0.469 e. The van der Waals surface area contributed by atoms with Gasteiger partial charge in [-0.05, 0) is 13.0 Å². The van der Waals surface area contributed by atoms with Gasteiger partial charge in [0.05, 0.1) is 19.6 Å². The number of hydrogen-bond acceptors (Lipinski definition) is 5. The quantitative estimate of drug-likeness (QED) is 0.636. The molecule has 0 aliphatic carbocycles. The summed E-state index contributed by atoms with van der Waals surface area (Å²) in [6.07, 6.45) is 0.748. The van der Waals surface area contributed by atoms with Crippen LogP contribution in [0.5, 0.6) is 0 Å². The van der Waals surface area contributed by atoms with Crippen LogP contribution in [0.15, 0.2) is 0 Å². The Morgan fingerprint density at radius 3 is 2.24 bits per heavy atom. The van der Waals surface area contributed by atoms with Crippen LogP contribution in [0, 0.1) is 5.92 Å². The maximum Gasteiger partial charge on any atom is 0.310 e. The van der Waals surface area contributed by atoms with E-state index >= 15 is 0 Å². The van der Waals surface area contributed by atoms with Gasteiger partial charge >= 0.3 is 5.97 Å². The van der Waals surface area contributed by atoms with Gasteiger partial charge < -0.3 is 14.5 Å². The molecule has 0 aromatic heterocycles. The van der Waals surface area contributed by atoms with Crippen LogP contribution in [0.1, 0.15) is 13.3 Å². The first kappa shape index (κ1) is 15.8. The molecule has 2 amide bonds. The number of esters is 1. The standard InChI is InChI=1S/C14H23N3O4/c1-11(18)16-5-7-17(8-6-16)13(19)10-15-4-3-12(9-15)14(20)21-2/h12H,3-10H2,1-2H3. The van der Waals surface area contributed by atoms with Crippen molar-refractivity contribution >= 4 is 17.8 Å². The molecule has 0 aromatic carbocycles. The van der Waals surface area contributed by atoms with Crippen LogP contribution in [0.4, 0.5) is 0 Å². The number of piperazine rings is 1. The molecule has 2 rings (SSSR count). The molecule has 0 saturated carbocycles. The predicted octanol–water partition coefficient (Wildman–Crippen LogP) is -0.828. The summed E-state index contributed by atoms with van der Waals surface area (Å²) in [4.78, 5) is 40.5. The van der Waals surface area contributed by atoms with Crippen LogP contribution in [0.2, 0.25) is 0 Å². The molecule has 1 atom stereocenters. The van der Waals surface area contributed by atoms with E-state index in [0.29, 0.717) is 39.3 Å². The zero-order valence-corrected chi connectivity index (χ0v) is 12.7. The molecule has 21 heavy (non-hydrogen) atoms. The summed E-state index contributed by atoms with van der Waals surface area (Å²) in [5, 5.41) is 0. The number of ether oxygens (including phenoxy) is 1. The number of hydrogen-bond donors (Lipinski definition) is 0. The lowest BCUT2D eigenvalue weighted by Gasteiger charge is -2.35. The average Bonchev–Trinajstić information content (AvgIpc) is 2.95. The van der Waals surface area contributed by atoms with Crippen LogP contribution < -0.4 is 0 Å². The molecular weight excluding hydrogens is 274 g/mol. The highest BCUT2D eigenvalue weighted by Crippen LogP contribution is 2.17. The second kappa shape index (κ2) is 6.89. The van der Waals surface area contributed by atoms with E-state index in [0.717, 1.165) is 13.0 Å². The molecule has 7 heteroatoms. The van der Waals surface area contributed by atoms with E-state index in [1.54, 1.807) is 16.7 Å². The summed E-state index contributed by atoms with van der Waals surface area (Å²) in [6, 6.07) is 0. The van der Waals surface area contributed by atoms with Gasteiger partial charge in [0.25, 0.3) is 0 Å². The van der Waals surface area contributed by atoms with Crippen LogP contribution in [0.25, 0.3) is 0 Å². The molecular formula is C14H23N3O4. The van der Waals surface area contributed by atoms with Crippen LogP contribution in [0.3, 0.4) is 0 Å². The molecule has 2 fully saturated rings. The highest BCUT2D eigenvalue weighted by Gasteiger charge is 2.31. The van der Waals surface area contributed by atoms with Gasteiger partial charge in [0, 0.05) is 39.6 Å². The van der Waals surface area contributed by atoms with E-state index in [1.807, 2.05) is 4.90 Å². The topological polar surface area (TPSA) is 70.2 Å². The van der Waals surface area contributed by atoms with Gasteiger partial charge in [0.2, 0.25) is 11.8 Å². The number of nitrogens with zero attached hydrogens (tertiary/aromatic N) is 3. The SMILES string of the molecule is COC(=O)C1CCN(CC(=O)N2CCN(C(C)=O)CC2)C1. The van der Waals surface area contributed by atoms with Crippen molar-refractivity contribution in [1.29, 1.82) is 0 Å². The van der Waals surface area contributed by atoms with Crippen molar-refractivity contribution in [3.63, 3.8) is 0 Å². The summed E-state index contributed by atoms with van der Waals surface area (Å²) in [6.45, 7) is 5.62. The minimum absolute atomic E-state index is 0.0579. The second-order valence-corrected chi connectivity index (χ2v) is 5.63. The Bertz CT molecular complexity index is 418. The first-order chi connectivity index (χ1) is 10.0. The molecule has 118 valence electrons. The maximum atomic E-state index is 12.2. The largest absolute Gasteiger partial charge is 0.469 e. The average molecular weight is 297 g/mol. The van der Waals surface area contributed by atoms with E-state index in [-0.39, 0.29) is 23.7 Å². The molecule has 7 nitrogen and oxygen atoms in total. The Kier molecular flexibility index (Phi) is 5.17. The fraction of sp³-hybridized carbons (Fsp3) is 0.786. The van der Waals surface area contributed by atoms with Crippen molar-refractivity contribution in [1.82, 2.24) is 14.7 Å². The van der Waals surface area contributed by atoms with Crippen molar-refractivity contribution in [3.8, 4) is 0 Å². The Morgan fingerprint density at radius 1 is 1.05 bits per heavy atom. The number of rotatable bonds is 3. The summed E-state index contributed by atoms with van der Waals surface area (Å²) < 4.78 is 4.74. The zero-order chi connectivity index (χ0) is 15.4. The molecule has 0 spiro atoms. The molecule has 1 unspecified atom stereocenters. The predicted molar refractivity (Wildman–Crippen MR) is 75.4 cm³/mol. The van der Waals surface area contributed by atoms with E-state index in [4.69, 9.17) is 4.74 Å². The van der Waals surface area contributed by atoms with E-state index < -0.39 is 0 Å². The normalized spacial score (nSPS) is 23.2. The molecule has 0 aromatic rings. The molecule has 0 N–H and O–H groups in total. The highest BCUT2D eigenvalue weighted by molar-refractivity contribution is 5.79. The molecule has 2 aliphatic heterocycles. The number of carbonyl (C=O) groups excluding carboxylic acids is 3. The van der Waals surface area contributed by atoms with Crippen molar-refractivity contribution in [3.05, 3.63) is 0 Å². The third kappa shape index (κ3) is 3.93. The Hall–Kier alpha value is -1.63. The van der Waals surface area contributed by atoms with Gasteiger partial charge in [0.1, 0.15) is 0 Å². The first-order valence-corrected chi connectivity index (χ1v) is 7.34. The van der Waals surface area contributed by atoms with Crippen molar-refractivity contribution in [2.24, 2.45) is 5.92 Å². The molecule has 0 bridgehead atoms. The van der Waals surface area contributed by atoms with Crippen molar-refractivity contribution in [2.75, 3.05) is 52.9 Å².